The van der Waals surface area contributed by atoms with Gasteiger partial charge in [-0.2, -0.15) is 0 Å². The van der Waals surface area contributed by atoms with E-state index in [-0.39, 0.29) is 5.88 Å². The highest BCUT2D eigenvalue weighted by molar-refractivity contribution is 5.91. The van der Waals surface area contributed by atoms with Crippen LogP contribution in [0, 0.1) is 0 Å². The molecule has 7 nitrogen and oxygen atoms in total. The van der Waals surface area contributed by atoms with Crippen LogP contribution in [0.3, 0.4) is 0 Å². The third-order valence-electron chi connectivity index (χ3n) is 3.83. The van der Waals surface area contributed by atoms with E-state index in [9.17, 15) is 4.79 Å². The van der Waals surface area contributed by atoms with Gasteiger partial charge in [0, 0.05) is 11.6 Å². The molecule has 2 aromatic carbocycles. The Hall–Kier alpha value is -3.61. The van der Waals surface area contributed by atoms with E-state index >= 15 is 0 Å². The summed E-state index contributed by atoms with van der Waals surface area (Å²) in [5.74, 6) is 1.41. The van der Waals surface area contributed by atoms with Crippen LogP contribution < -0.4 is 18.9 Å². The van der Waals surface area contributed by atoms with Gasteiger partial charge >= 0.3 is 5.97 Å². The summed E-state index contributed by atoms with van der Waals surface area (Å²) >= 11 is 0. The monoisotopic (exact) mass is 366 g/mol. The summed E-state index contributed by atoms with van der Waals surface area (Å²) in [7, 11) is 4.68. The number of hydrogen-bond acceptors (Lipinski definition) is 7. The normalized spacial score (nSPS) is 10.2. The molecule has 1 heterocycles. The molecule has 0 aliphatic rings. The van der Waals surface area contributed by atoms with Crippen molar-refractivity contribution < 1.29 is 23.7 Å². The number of hydrogen-bond donors (Lipinski definition) is 0. The molecule has 3 aromatic rings. The molecule has 0 amide bonds. The first kappa shape index (κ1) is 18.2. The van der Waals surface area contributed by atoms with E-state index in [4.69, 9.17) is 18.9 Å². The number of carbonyl (C=O) groups is 1. The lowest BCUT2D eigenvalue weighted by Gasteiger charge is -2.10. The number of aromatic nitrogens is 2. The van der Waals surface area contributed by atoms with Gasteiger partial charge in [-0.3, -0.25) is 0 Å². The third-order valence-corrected chi connectivity index (χ3v) is 3.83. The quantitative estimate of drug-likeness (QED) is 0.619. The van der Waals surface area contributed by atoms with Crippen LogP contribution in [0.15, 0.2) is 54.6 Å². The molecule has 7 heteroatoms. The van der Waals surface area contributed by atoms with Crippen LogP contribution in [0.1, 0.15) is 10.4 Å². The van der Waals surface area contributed by atoms with E-state index < -0.39 is 5.97 Å². The number of rotatable bonds is 6. The molecule has 1 aromatic heterocycles. The first-order chi connectivity index (χ1) is 13.1. The van der Waals surface area contributed by atoms with Crippen molar-refractivity contribution in [3.8, 4) is 34.4 Å². The lowest BCUT2D eigenvalue weighted by molar-refractivity contribution is 0.0725. The summed E-state index contributed by atoms with van der Waals surface area (Å²) in [5, 5.41) is 8.10. The zero-order valence-corrected chi connectivity index (χ0v) is 15.1. The number of carbonyl (C=O) groups excluding carboxylic acids is 1. The summed E-state index contributed by atoms with van der Waals surface area (Å²) in [6.45, 7) is 0. The molecule has 0 saturated heterocycles. The maximum Gasteiger partial charge on any atom is 0.345 e. The molecule has 0 saturated carbocycles. The second kappa shape index (κ2) is 8.18. The van der Waals surface area contributed by atoms with Gasteiger partial charge in [0.05, 0.1) is 32.6 Å². The number of ether oxygens (including phenoxy) is 4. The van der Waals surface area contributed by atoms with Crippen molar-refractivity contribution in [2.45, 2.75) is 0 Å². The summed E-state index contributed by atoms with van der Waals surface area (Å²) in [4.78, 5) is 12.2. The largest absolute Gasteiger partial charge is 0.497 e. The van der Waals surface area contributed by atoms with Crippen LogP contribution >= 0.6 is 0 Å². The molecule has 0 bridgehead atoms. The summed E-state index contributed by atoms with van der Waals surface area (Å²) in [6.07, 6.45) is 0. The molecule has 0 radical (unpaired) electrons. The molecule has 0 aliphatic heterocycles. The number of methoxy groups -OCH3 is 3. The molecule has 27 heavy (non-hydrogen) atoms. The SMILES string of the molecule is COc1cccc(C(=O)Oc2ccc(-c3cc(OC)ccc3OC)nn2)c1. The Balaban J connectivity index is 1.80. The van der Waals surface area contributed by atoms with E-state index in [1.165, 1.54) is 7.11 Å². The highest BCUT2D eigenvalue weighted by atomic mass is 16.5. The van der Waals surface area contributed by atoms with Gasteiger partial charge in [0.1, 0.15) is 17.2 Å². The second-order valence-corrected chi connectivity index (χ2v) is 5.44. The van der Waals surface area contributed by atoms with E-state index in [0.29, 0.717) is 28.5 Å². The minimum Gasteiger partial charge on any atom is -0.497 e. The molecule has 0 N–H and O–H groups in total. The Bertz CT molecular complexity index is 941. The van der Waals surface area contributed by atoms with Crippen molar-refractivity contribution in [1.29, 1.82) is 0 Å². The topological polar surface area (TPSA) is 79.8 Å². The molecular formula is C20H18N2O5. The number of esters is 1. The van der Waals surface area contributed by atoms with Gasteiger partial charge in [0.25, 0.3) is 0 Å². The van der Waals surface area contributed by atoms with Crippen LogP contribution in [0.2, 0.25) is 0 Å². The second-order valence-electron chi connectivity index (χ2n) is 5.44. The maximum absolute atomic E-state index is 12.2. The zero-order chi connectivity index (χ0) is 19.2. The summed E-state index contributed by atoms with van der Waals surface area (Å²) in [6, 6.07) is 15.3. The van der Waals surface area contributed by atoms with Gasteiger partial charge < -0.3 is 18.9 Å². The molecule has 0 atom stereocenters. The van der Waals surface area contributed by atoms with Gasteiger partial charge in [-0.15, -0.1) is 10.2 Å². The fraction of sp³-hybridized carbons (Fsp3) is 0.150. The van der Waals surface area contributed by atoms with Gasteiger partial charge in [0.2, 0.25) is 5.88 Å². The van der Waals surface area contributed by atoms with Crippen molar-refractivity contribution in [1.82, 2.24) is 10.2 Å². The van der Waals surface area contributed by atoms with Crippen LogP contribution in [0.5, 0.6) is 23.1 Å². The van der Waals surface area contributed by atoms with Crippen molar-refractivity contribution in [2.75, 3.05) is 21.3 Å². The fourth-order valence-electron chi connectivity index (χ4n) is 2.44. The van der Waals surface area contributed by atoms with Crippen LogP contribution in [0.4, 0.5) is 0 Å². The van der Waals surface area contributed by atoms with E-state index in [0.717, 1.165) is 5.56 Å². The minimum absolute atomic E-state index is 0.0911. The van der Waals surface area contributed by atoms with Crippen LogP contribution in [0.25, 0.3) is 11.3 Å². The fourth-order valence-corrected chi connectivity index (χ4v) is 2.44. The lowest BCUT2D eigenvalue weighted by atomic mass is 10.1. The smallest absolute Gasteiger partial charge is 0.345 e. The molecule has 0 unspecified atom stereocenters. The van der Waals surface area contributed by atoms with Crippen molar-refractivity contribution in [3.05, 3.63) is 60.2 Å². The predicted octanol–water partition coefficient (Wildman–Crippen LogP) is 3.39. The highest BCUT2D eigenvalue weighted by Gasteiger charge is 2.13. The Morgan fingerprint density at radius 3 is 2.26 bits per heavy atom. The van der Waals surface area contributed by atoms with Crippen LogP contribution in [-0.2, 0) is 0 Å². The maximum atomic E-state index is 12.2. The van der Waals surface area contributed by atoms with Crippen molar-refractivity contribution in [2.24, 2.45) is 0 Å². The van der Waals surface area contributed by atoms with Crippen molar-refractivity contribution in [3.63, 3.8) is 0 Å². The van der Waals surface area contributed by atoms with E-state index in [1.807, 2.05) is 0 Å². The van der Waals surface area contributed by atoms with Gasteiger partial charge in [-0.25, -0.2) is 4.79 Å². The minimum atomic E-state index is -0.546. The average molecular weight is 366 g/mol. The molecule has 138 valence electrons. The summed E-state index contributed by atoms with van der Waals surface area (Å²) < 4.78 is 21.0. The van der Waals surface area contributed by atoms with Gasteiger partial charge in [-0.1, -0.05) is 6.07 Å². The average Bonchev–Trinajstić information content (AvgIpc) is 2.73. The zero-order valence-electron chi connectivity index (χ0n) is 15.1. The van der Waals surface area contributed by atoms with Crippen molar-refractivity contribution >= 4 is 5.97 Å². The molecular weight excluding hydrogens is 348 g/mol. The lowest BCUT2D eigenvalue weighted by Crippen LogP contribution is -2.10. The highest BCUT2D eigenvalue weighted by Crippen LogP contribution is 2.32. The Kier molecular flexibility index (Phi) is 5.51. The molecule has 0 spiro atoms. The summed E-state index contributed by atoms with van der Waals surface area (Å²) in [5.41, 5.74) is 1.64. The number of nitrogens with zero attached hydrogens (tertiary/aromatic N) is 2. The van der Waals surface area contributed by atoms with E-state index in [2.05, 4.69) is 10.2 Å². The Morgan fingerprint density at radius 2 is 1.59 bits per heavy atom. The Morgan fingerprint density at radius 1 is 0.815 bits per heavy atom. The van der Waals surface area contributed by atoms with Gasteiger partial charge in [0.15, 0.2) is 0 Å². The van der Waals surface area contributed by atoms with Gasteiger partial charge in [-0.05, 0) is 42.5 Å². The molecule has 3 rings (SSSR count). The first-order valence-corrected chi connectivity index (χ1v) is 8.07. The third kappa shape index (κ3) is 4.14. The number of benzene rings is 2. The van der Waals surface area contributed by atoms with E-state index in [1.54, 1.807) is 68.8 Å². The Labute approximate surface area is 156 Å². The predicted molar refractivity (Wildman–Crippen MR) is 98.5 cm³/mol. The molecule has 0 aliphatic carbocycles. The molecule has 0 fully saturated rings. The van der Waals surface area contributed by atoms with Crippen LogP contribution in [-0.4, -0.2) is 37.5 Å². The first-order valence-electron chi connectivity index (χ1n) is 8.07. The standard InChI is InChI=1S/C20H18N2O5/c1-24-14-6-4-5-13(11-14)20(23)27-19-10-8-17(21-22-19)16-12-15(25-2)7-9-18(16)26-3/h4-12H,1-3H3.